The van der Waals surface area contributed by atoms with Crippen molar-refractivity contribution >= 4 is 39.5 Å². The van der Waals surface area contributed by atoms with E-state index >= 15 is 0 Å². The maximum absolute atomic E-state index is 11.3. The van der Waals surface area contributed by atoms with Crippen LogP contribution in [0.25, 0.3) is 10.8 Å². The van der Waals surface area contributed by atoms with E-state index in [1.54, 1.807) is 30.3 Å². The Morgan fingerprint density at radius 3 is 2.04 bits per heavy atom. The summed E-state index contributed by atoms with van der Waals surface area (Å²) < 4.78 is 0. The summed E-state index contributed by atoms with van der Waals surface area (Å²) in [7, 11) is 0. The van der Waals surface area contributed by atoms with Crippen LogP contribution < -0.4 is 0 Å². The van der Waals surface area contributed by atoms with Gasteiger partial charge in [-0.05, 0) is 11.5 Å². The number of azo groups is 1. The maximum Gasteiger partial charge on any atom is 0.336 e. The quantitative estimate of drug-likeness (QED) is 0.372. The Morgan fingerprint density at radius 1 is 0.893 bits per heavy atom. The van der Waals surface area contributed by atoms with Crippen LogP contribution in [0.4, 0.5) is 22.7 Å². The van der Waals surface area contributed by atoms with Crippen molar-refractivity contribution in [2.45, 2.75) is 0 Å². The second kappa shape index (κ2) is 7.07. The number of phenols is 1. The van der Waals surface area contributed by atoms with Gasteiger partial charge in [0.05, 0.1) is 15.4 Å². The lowest BCUT2D eigenvalue weighted by atomic mass is 10.1. The highest BCUT2D eigenvalue weighted by Gasteiger charge is 2.29. The number of nitrogens with zero attached hydrogens (tertiary/aromatic N) is 4. The molecule has 0 unspecified atom stereocenters. The number of rotatable bonds is 5. The van der Waals surface area contributed by atoms with Gasteiger partial charge in [0.15, 0.2) is 0 Å². The number of phenolic OH excluding ortho intramolecular Hbond substituents is 1. The van der Waals surface area contributed by atoms with Crippen LogP contribution in [0.1, 0.15) is 10.4 Å². The Balaban J connectivity index is 2.25. The number of aromatic carboxylic acids is 1. The molecule has 0 atom stereocenters. The Bertz CT molecular complexity index is 1140. The molecule has 0 saturated heterocycles. The number of benzene rings is 3. The van der Waals surface area contributed by atoms with Gasteiger partial charge in [-0.3, -0.25) is 20.2 Å². The standard InChI is InChI=1S/C17H10N4O7/c22-14-6-5-9-3-1-2-4-11(9)15(14)18-19-16-12(20(25)26)7-10(17(23)24)8-13(16)21(27)28/h1-8,22H,(H,23,24). The lowest BCUT2D eigenvalue weighted by Gasteiger charge is -2.04. The fraction of sp³-hybridized carbons (Fsp3) is 0. The number of carbonyl (C=O) groups is 1. The minimum absolute atomic E-state index is 0.0380. The van der Waals surface area contributed by atoms with E-state index in [2.05, 4.69) is 10.2 Å². The molecule has 0 fully saturated rings. The van der Waals surface area contributed by atoms with Gasteiger partial charge in [-0.2, -0.15) is 0 Å². The van der Waals surface area contributed by atoms with E-state index in [0.29, 0.717) is 22.9 Å². The third kappa shape index (κ3) is 3.31. The molecule has 2 N–H and O–H groups in total. The molecule has 0 amide bonds. The zero-order valence-corrected chi connectivity index (χ0v) is 13.8. The first-order valence-electron chi connectivity index (χ1n) is 7.62. The van der Waals surface area contributed by atoms with Crippen LogP contribution in [0.15, 0.2) is 58.8 Å². The van der Waals surface area contributed by atoms with Gasteiger partial charge in [0.25, 0.3) is 0 Å². The minimum Gasteiger partial charge on any atom is -0.506 e. The van der Waals surface area contributed by atoms with Gasteiger partial charge in [0, 0.05) is 17.5 Å². The molecule has 0 aromatic heterocycles. The average molecular weight is 382 g/mol. The van der Waals surface area contributed by atoms with Crippen LogP contribution in [0.3, 0.4) is 0 Å². The molecule has 0 aliphatic heterocycles. The third-order valence-corrected chi connectivity index (χ3v) is 3.84. The van der Waals surface area contributed by atoms with Gasteiger partial charge in [-0.15, -0.1) is 10.2 Å². The van der Waals surface area contributed by atoms with Gasteiger partial charge in [-0.25, -0.2) is 4.79 Å². The van der Waals surface area contributed by atoms with E-state index in [-0.39, 0.29) is 11.4 Å². The van der Waals surface area contributed by atoms with E-state index in [0.717, 1.165) is 0 Å². The van der Waals surface area contributed by atoms with Crippen LogP contribution in [-0.4, -0.2) is 26.0 Å². The average Bonchev–Trinajstić information content (AvgIpc) is 2.66. The SMILES string of the molecule is O=C(O)c1cc([N+](=O)[O-])c(N=Nc2c(O)ccc3ccccc23)c([N+](=O)[O-])c1. The fourth-order valence-corrected chi connectivity index (χ4v) is 2.56. The van der Waals surface area contributed by atoms with Crippen molar-refractivity contribution in [1.29, 1.82) is 0 Å². The molecule has 0 aliphatic rings. The molecular weight excluding hydrogens is 372 g/mol. The van der Waals surface area contributed by atoms with Crippen molar-refractivity contribution in [3.8, 4) is 5.75 Å². The van der Waals surface area contributed by atoms with Gasteiger partial charge in [0.1, 0.15) is 11.4 Å². The normalized spacial score (nSPS) is 11.0. The molecule has 0 saturated carbocycles. The van der Waals surface area contributed by atoms with Crippen molar-refractivity contribution in [3.63, 3.8) is 0 Å². The monoisotopic (exact) mass is 382 g/mol. The van der Waals surface area contributed by atoms with Gasteiger partial charge < -0.3 is 10.2 Å². The number of nitro benzene ring substituents is 2. The summed E-state index contributed by atoms with van der Waals surface area (Å²) in [5.41, 5.74) is -3.19. The molecule has 11 nitrogen and oxygen atoms in total. The first kappa shape index (κ1) is 18.4. The molecule has 0 heterocycles. The Hall–Kier alpha value is -4.41. The molecule has 140 valence electrons. The Kier molecular flexibility index (Phi) is 4.64. The highest BCUT2D eigenvalue weighted by atomic mass is 16.6. The molecule has 3 aromatic carbocycles. The smallest absolute Gasteiger partial charge is 0.336 e. The van der Waals surface area contributed by atoms with E-state index in [4.69, 9.17) is 5.11 Å². The van der Waals surface area contributed by atoms with Crippen LogP contribution in [-0.2, 0) is 0 Å². The molecule has 0 bridgehead atoms. The van der Waals surface area contributed by atoms with Crippen molar-refractivity contribution in [3.05, 3.63) is 74.3 Å². The first-order valence-corrected chi connectivity index (χ1v) is 7.62. The minimum atomic E-state index is -1.57. The fourth-order valence-electron chi connectivity index (χ4n) is 2.56. The summed E-state index contributed by atoms with van der Waals surface area (Å²) in [6.45, 7) is 0. The summed E-state index contributed by atoms with van der Waals surface area (Å²) in [5, 5.41) is 50.2. The van der Waals surface area contributed by atoms with Crippen molar-refractivity contribution < 1.29 is 24.9 Å². The van der Waals surface area contributed by atoms with E-state index < -0.39 is 38.4 Å². The number of nitro groups is 2. The molecule has 3 rings (SSSR count). The number of fused-ring (bicyclic) bond motifs is 1. The van der Waals surface area contributed by atoms with Crippen LogP contribution in [0, 0.1) is 20.2 Å². The molecular formula is C17H10N4O7. The van der Waals surface area contributed by atoms with Gasteiger partial charge in [-0.1, -0.05) is 30.3 Å². The zero-order chi connectivity index (χ0) is 20.4. The molecule has 28 heavy (non-hydrogen) atoms. The van der Waals surface area contributed by atoms with Crippen molar-refractivity contribution in [2.24, 2.45) is 10.2 Å². The van der Waals surface area contributed by atoms with Crippen LogP contribution >= 0.6 is 0 Å². The predicted octanol–water partition coefficient (Wildman–Crippen LogP) is 4.48. The lowest BCUT2D eigenvalue weighted by molar-refractivity contribution is -0.392. The molecule has 11 heteroatoms. The van der Waals surface area contributed by atoms with E-state index in [1.165, 1.54) is 6.07 Å². The predicted molar refractivity (Wildman–Crippen MR) is 96.5 cm³/mol. The summed E-state index contributed by atoms with van der Waals surface area (Å²) in [4.78, 5) is 31.7. The van der Waals surface area contributed by atoms with E-state index in [1.807, 2.05) is 0 Å². The third-order valence-electron chi connectivity index (χ3n) is 3.84. The van der Waals surface area contributed by atoms with Gasteiger partial charge >= 0.3 is 17.3 Å². The number of aromatic hydroxyl groups is 1. The summed E-state index contributed by atoms with van der Waals surface area (Å²) >= 11 is 0. The number of carboxylic acids is 1. The first-order chi connectivity index (χ1) is 13.3. The van der Waals surface area contributed by atoms with E-state index in [9.17, 15) is 30.1 Å². The van der Waals surface area contributed by atoms with Crippen LogP contribution in [0.5, 0.6) is 5.75 Å². The highest BCUT2D eigenvalue weighted by molar-refractivity contribution is 5.95. The summed E-state index contributed by atoms with van der Waals surface area (Å²) in [6, 6.07) is 11.1. The number of hydrogen-bond acceptors (Lipinski definition) is 8. The van der Waals surface area contributed by atoms with Gasteiger partial charge in [0.2, 0.25) is 5.69 Å². The highest BCUT2D eigenvalue weighted by Crippen LogP contribution is 2.41. The molecule has 0 aliphatic carbocycles. The summed E-state index contributed by atoms with van der Waals surface area (Å²) in [5.74, 6) is -1.85. The largest absolute Gasteiger partial charge is 0.506 e. The number of carboxylic acid groups (broad SMARTS) is 1. The topological polar surface area (TPSA) is 169 Å². The molecule has 0 spiro atoms. The molecule has 3 aromatic rings. The molecule has 0 radical (unpaired) electrons. The van der Waals surface area contributed by atoms with Crippen LogP contribution in [0.2, 0.25) is 0 Å². The maximum atomic E-state index is 11.3. The van der Waals surface area contributed by atoms with Crippen molar-refractivity contribution in [1.82, 2.24) is 0 Å². The number of hydrogen-bond donors (Lipinski definition) is 2. The second-order valence-electron chi connectivity index (χ2n) is 5.54. The van der Waals surface area contributed by atoms with Crippen molar-refractivity contribution in [2.75, 3.05) is 0 Å². The zero-order valence-electron chi connectivity index (χ0n) is 13.8. The second-order valence-corrected chi connectivity index (χ2v) is 5.54. The Labute approximate surface area is 155 Å². The summed E-state index contributed by atoms with van der Waals surface area (Å²) in [6.07, 6.45) is 0. The lowest BCUT2D eigenvalue weighted by Crippen LogP contribution is -2.01. The Morgan fingerprint density at radius 2 is 1.46 bits per heavy atom.